The van der Waals surface area contributed by atoms with Gasteiger partial charge >= 0.3 is 5.97 Å². The Balaban J connectivity index is 2.12. The number of benzene rings is 1. The third kappa shape index (κ3) is 3.76. The van der Waals surface area contributed by atoms with E-state index in [4.69, 9.17) is 5.26 Å². The second kappa shape index (κ2) is 6.95. The minimum absolute atomic E-state index is 0.423. The molecule has 0 heterocycles. The number of carboxylic acids is 1. The summed E-state index contributed by atoms with van der Waals surface area (Å²) in [4.78, 5) is 11.7. The van der Waals surface area contributed by atoms with Crippen molar-refractivity contribution < 1.29 is 9.90 Å². The number of nitrogens with zero attached hydrogens (tertiary/aromatic N) is 1. The lowest BCUT2D eigenvalue weighted by Crippen LogP contribution is -2.37. The summed E-state index contributed by atoms with van der Waals surface area (Å²) in [6.07, 6.45) is 5.64. The molecule has 112 valence electrons. The van der Waals surface area contributed by atoms with Crippen molar-refractivity contribution in [2.24, 2.45) is 5.41 Å². The summed E-state index contributed by atoms with van der Waals surface area (Å²) in [6.45, 7) is 0.423. The van der Waals surface area contributed by atoms with Crippen LogP contribution in [0.1, 0.15) is 44.1 Å². The van der Waals surface area contributed by atoms with Gasteiger partial charge < -0.3 is 10.4 Å². The van der Waals surface area contributed by atoms with Crippen LogP contribution in [0.4, 0.5) is 5.69 Å². The van der Waals surface area contributed by atoms with Crippen LogP contribution in [0.5, 0.6) is 0 Å². The quantitative estimate of drug-likeness (QED) is 0.799. The molecule has 2 rings (SSSR count). The normalized spacial score (nSPS) is 17.5. The van der Waals surface area contributed by atoms with Gasteiger partial charge in [0.1, 0.15) is 0 Å². The first-order chi connectivity index (χ1) is 10.1. The number of carbonyl (C=O) groups is 1. The highest BCUT2D eigenvalue weighted by molar-refractivity contribution is 9.10. The predicted octanol–water partition coefficient (Wildman–Crippen LogP) is 4.16. The molecule has 0 atom stereocenters. The van der Waals surface area contributed by atoms with Crippen LogP contribution in [0.2, 0.25) is 0 Å². The average molecular weight is 351 g/mol. The minimum Gasteiger partial charge on any atom is -0.481 e. The van der Waals surface area contributed by atoms with Gasteiger partial charge in [0.2, 0.25) is 0 Å². The summed E-state index contributed by atoms with van der Waals surface area (Å²) in [5.74, 6) is -0.707. The maximum atomic E-state index is 11.7. The molecule has 0 bridgehead atoms. The van der Waals surface area contributed by atoms with E-state index in [-0.39, 0.29) is 0 Å². The molecule has 0 aromatic heterocycles. The van der Waals surface area contributed by atoms with Crippen molar-refractivity contribution >= 4 is 27.6 Å². The Bertz CT molecular complexity index is 558. The topological polar surface area (TPSA) is 73.1 Å². The lowest BCUT2D eigenvalue weighted by atomic mass is 9.80. The molecular formula is C16H19BrN2O2. The first-order valence-electron chi connectivity index (χ1n) is 7.24. The Morgan fingerprint density at radius 2 is 2.00 bits per heavy atom. The molecule has 1 saturated carbocycles. The molecule has 0 spiro atoms. The Kier molecular flexibility index (Phi) is 5.24. The predicted molar refractivity (Wildman–Crippen MR) is 85.1 cm³/mol. The van der Waals surface area contributed by atoms with Gasteiger partial charge in [0.25, 0.3) is 0 Å². The third-order valence-electron chi connectivity index (χ3n) is 4.23. The number of rotatable bonds is 4. The molecule has 4 nitrogen and oxygen atoms in total. The van der Waals surface area contributed by atoms with Crippen molar-refractivity contribution in [2.75, 3.05) is 11.9 Å². The summed E-state index contributed by atoms with van der Waals surface area (Å²) in [7, 11) is 0. The average Bonchev–Trinajstić information content (AvgIpc) is 2.72. The molecule has 1 aliphatic rings. The van der Waals surface area contributed by atoms with Crippen LogP contribution < -0.4 is 5.32 Å². The molecule has 0 radical (unpaired) electrons. The van der Waals surface area contributed by atoms with Gasteiger partial charge in [-0.3, -0.25) is 4.79 Å². The molecule has 0 saturated heterocycles. The molecule has 5 heteroatoms. The fraction of sp³-hybridized carbons (Fsp3) is 0.500. The largest absolute Gasteiger partial charge is 0.481 e. The van der Waals surface area contributed by atoms with Crippen LogP contribution in [0.25, 0.3) is 0 Å². The third-order valence-corrected chi connectivity index (χ3v) is 4.89. The number of nitrogens with one attached hydrogen (secondary N) is 1. The van der Waals surface area contributed by atoms with E-state index in [1.807, 2.05) is 6.07 Å². The summed E-state index contributed by atoms with van der Waals surface area (Å²) in [5.41, 5.74) is 0.734. The molecule has 1 aromatic carbocycles. The van der Waals surface area contributed by atoms with Gasteiger partial charge in [-0.25, -0.2) is 0 Å². The highest BCUT2D eigenvalue weighted by atomic mass is 79.9. The Morgan fingerprint density at radius 1 is 1.33 bits per heavy atom. The molecule has 0 aliphatic heterocycles. The van der Waals surface area contributed by atoms with Crippen molar-refractivity contribution in [2.45, 2.75) is 38.5 Å². The zero-order chi connectivity index (χ0) is 15.3. The lowest BCUT2D eigenvalue weighted by Gasteiger charge is -2.29. The Hall–Kier alpha value is -1.54. The van der Waals surface area contributed by atoms with Crippen LogP contribution in [0, 0.1) is 16.7 Å². The van der Waals surface area contributed by atoms with E-state index in [9.17, 15) is 9.90 Å². The van der Waals surface area contributed by atoms with Crippen molar-refractivity contribution in [3.63, 3.8) is 0 Å². The number of halogens is 1. The first kappa shape index (κ1) is 15.8. The van der Waals surface area contributed by atoms with Gasteiger partial charge in [-0.2, -0.15) is 5.26 Å². The van der Waals surface area contributed by atoms with E-state index in [0.29, 0.717) is 12.1 Å². The number of hydrogen-bond donors (Lipinski definition) is 2. The fourth-order valence-electron chi connectivity index (χ4n) is 2.86. The zero-order valence-corrected chi connectivity index (χ0v) is 13.4. The highest BCUT2D eigenvalue weighted by Crippen LogP contribution is 2.36. The van der Waals surface area contributed by atoms with Gasteiger partial charge in [-0.15, -0.1) is 0 Å². The van der Waals surface area contributed by atoms with E-state index >= 15 is 0 Å². The first-order valence-corrected chi connectivity index (χ1v) is 8.04. The van der Waals surface area contributed by atoms with E-state index in [0.717, 1.165) is 48.7 Å². The molecule has 1 aromatic rings. The van der Waals surface area contributed by atoms with Crippen LogP contribution in [-0.4, -0.2) is 17.6 Å². The summed E-state index contributed by atoms with van der Waals surface area (Å²) in [6, 6.07) is 7.37. The van der Waals surface area contributed by atoms with Crippen LogP contribution >= 0.6 is 15.9 Å². The van der Waals surface area contributed by atoms with E-state index in [1.165, 1.54) is 0 Å². The van der Waals surface area contributed by atoms with E-state index in [1.54, 1.807) is 12.1 Å². The van der Waals surface area contributed by atoms with Crippen molar-refractivity contribution in [3.8, 4) is 6.07 Å². The van der Waals surface area contributed by atoms with E-state index in [2.05, 4.69) is 27.3 Å². The summed E-state index contributed by atoms with van der Waals surface area (Å²) in [5, 5.41) is 21.8. The zero-order valence-electron chi connectivity index (χ0n) is 11.9. The van der Waals surface area contributed by atoms with Gasteiger partial charge in [0, 0.05) is 16.7 Å². The number of hydrogen-bond acceptors (Lipinski definition) is 3. The maximum absolute atomic E-state index is 11.7. The van der Waals surface area contributed by atoms with Crippen LogP contribution in [-0.2, 0) is 4.79 Å². The van der Waals surface area contributed by atoms with Crippen molar-refractivity contribution in [3.05, 3.63) is 28.2 Å². The molecule has 0 unspecified atom stereocenters. The molecular weight excluding hydrogens is 332 g/mol. The molecule has 1 aliphatic carbocycles. The Labute approximate surface area is 133 Å². The van der Waals surface area contributed by atoms with Gasteiger partial charge in [0.15, 0.2) is 0 Å². The van der Waals surface area contributed by atoms with Gasteiger partial charge in [-0.05, 0) is 47.0 Å². The van der Waals surface area contributed by atoms with Crippen molar-refractivity contribution in [1.82, 2.24) is 0 Å². The SMILES string of the molecule is N#Cc1ccc(NCC2(C(=O)O)CCCCCC2)c(Br)c1. The highest BCUT2D eigenvalue weighted by Gasteiger charge is 2.38. The van der Waals surface area contributed by atoms with Crippen LogP contribution in [0.15, 0.2) is 22.7 Å². The number of nitriles is 1. The van der Waals surface area contributed by atoms with E-state index < -0.39 is 11.4 Å². The minimum atomic E-state index is -0.707. The second-order valence-electron chi connectivity index (χ2n) is 5.66. The van der Waals surface area contributed by atoms with Crippen molar-refractivity contribution in [1.29, 1.82) is 5.26 Å². The molecule has 2 N–H and O–H groups in total. The lowest BCUT2D eigenvalue weighted by molar-refractivity contribution is -0.149. The van der Waals surface area contributed by atoms with Crippen LogP contribution in [0.3, 0.4) is 0 Å². The summed E-state index contributed by atoms with van der Waals surface area (Å²) < 4.78 is 0.788. The molecule has 21 heavy (non-hydrogen) atoms. The number of aliphatic carboxylic acids is 1. The maximum Gasteiger partial charge on any atom is 0.311 e. The molecule has 0 amide bonds. The second-order valence-corrected chi connectivity index (χ2v) is 6.51. The number of carboxylic acid groups (broad SMARTS) is 1. The van der Waals surface area contributed by atoms with Gasteiger partial charge in [-0.1, -0.05) is 25.7 Å². The summed E-state index contributed by atoms with van der Waals surface area (Å²) >= 11 is 3.42. The van der Waals surface area contributed by atoms with Gasteiger partial charge in [0.05, 0.1) is 17.0 Å². The Morgan fingerprint density at radius 3 is 2.52 bits per heavy atom. The fourth-order valence-corrected chi connectivity index (χ4v) is 3.38. The number of anilines is 1. The molecule has 1 fully saturated rings. The monoisotopic (exact) mass is 350 g/mol. The standard InChI is InChI=1S/C16H19BrN2O2/c17-13-9-12(10-18)5-6-14(13)19-11-16(15(20)21)7-3-1-2-4-8-16/h5-6,9,19H,1-4,7-8,11H2,(H,20,21). The smallest absolute Gasteiger partial charge is 0.311 e.